The zero-order chi connectivity index (χ0) is 23.1. The average molecular weight is 438 g/mol. The molecule has 3 aromatic rings. The first-order valence-corrected chi connectivity index (χ1v) is 9.97. The van der Waals surface area contributed by atoms with E-state index in [0.717, 1.165) is 5.56 Å². The van der Waals surface area contributed by atoms with Gasteiger partial charge in [-0.1, -0.05) is 0 Å². The Hall–Kier alpha value is -4.08. The van der Waals surface area contributed by atoms with Crippen molar-refractivity contribution in [1.29, 1.82) is 0 Å². The van der Waals surface area contributed by atoms with E-state index in [1.54, 1.807) is 47.1 Å². The lowest BCUT2D eigenvalue weighted by atomic mass is 10.1. The van der Waals surface area contributed by atoms with Crippen LogP contribution in [0.2, 0.25) is 0 Å². The van der Waals surface area contributed by atoms with Gasteiger partial charge in [0.15, 0.2) is 5.69 Å². The number of hydrogen-bond donors (Lipinski definition) is 1. The van der Waals surface area contributed by atoms with Gasteiger partial charge in [0.05, 0.1) is 31.2 Å². The summed E-state index contributed by atoms with van der Waals surface area (Å²) in [6, 6.07) is 12.5. The molecule has 0 bridgehead atoms. The van der Waals surface area contributed by atoms with Gasteiger partial charge in [-0.05, 0) is 43.3 Å². The summed E-state index contributed by atoms with van der Waals surface area (Å²) in [5.41, 5.74) is 2.50. The topological polar surface area (TPSA) is 122 Å². The molecule has 0 saturated heterocycles. The highest BCUT2D eigenvalue weighted by molar-refractivity contribution is 5.93. The van der Waals surface area contributed by atoms with Crippen LogP contribution in [0.1, 0.15) is 17.4 Å². The number of carbonyl (C=O) groups is 2. The van der Waals surface area contributed by atoms with Crippen molar-refractivity contribution in [2.24, 2.45) is 0 Å². The zero-order valence-electron chi connectivity index (χ0n) is 18.1. The van der Waals surface area contributed by atoms with E-state index in [2.05, 4.69) is 15.4 Å². The van der Waals surface area contributed by atoms with Crippen molar-refractivity contribution in [3.05, 3.63) is 54.4 Å². The van der Waals surface area contributed by atoms with Gasteiger partial charge >= 0.3 is 0 Å². The van der Waals surface area contributed by atoms with Crippen molar-refractivity contribution in [2.45, 2.75) is 6.92 Å². The van der Waals surface area contributed by atoms with Gasteiger partial charge < -0.3 is 29.6 Å². The van der Waals surface area contributed by atoms with E-state index >= 15 is 0 Å². The van der Waals surface area contributed by atoms with Crippen molar-refractivity contribution in [2.75, 3.05) is 33.9 Å². The monoisotopic (exact) mass is 438 g/mol. The molecule has 3 rings (SSSR count). The van der Waals surface area contributed by atoms with Crippen LogP contribution in [0.5, 0.6) is 11.6 Å². The highest BCUT2D eigenvalue weighted by atomic mass is 16.5. The van der Waals surface area contributed by atoms with E-state index in [9.17, 15) is 14.7 Å². The average Bonchev–Trinajstić information content (AvgIpc) is 3.26. The van der Waals surface area contributed by atoms with E-state index in [1.165, 1.54) is 7.11 Å². The summed E-state index contributed by atoms with van der Waals surface area (Å²) in [7, 11) is 3.26. The van der Waals surface area contributed by atoms with Crippen LogP contribution in [0.25, 0.3) is 16.9 Å². The molecule has 0 atom stereocenters. The smallest absolute Gasteiger partial charge is 0.274 e. The summed E-state index contributed by atoms with van der Waals surface area (Å²) in [5, 5.41) is 17.0. The number of carbonyl (C=O) groups excluding carboxylic acids is 2. The molecule has 0 aliphatic carbocycles. The minimum atomic E-state index is -1.34. The first-order valence-electron chi connectivity index (χ1n) is 9.97. The summed E-state index contributed by atoms with van der Waals surface area (Å²) in [5.74, 6) is 0.863. The maximum atomic E-state index is 12.7. The molecule has 0 fully saturated rings. The second kappa shape index (κ2) is 10.3. The quantitative estimate of drug-likeness (QED) is 0.501. The van der Waals surface area contributed by atoms with Crippen LogP contribution in [0, 0.1) is 0 Å². The van der Waals surface area contributed by atoms with Crippen molar-refractivity contribution < 1.29 is 24.2 Å². The fourth-order valence-corrected chi connectivity index (χ4v) is 2.89. The Kier molecular flexibility index (Phi) is 7.27. The van der Waals surface area contributed by atoms with Crippen molar-refractivity contribution in [3.8, 4) is 28.6 Å². The van der Waals surface area contributed by atoms with Gasteiger partial charge in [0, 0.05) is 25.2 Å². The minimum absolute atomic E-state index is 0.123. The Bertz CT molecular complexity index is 1060. The number of methoxy groups -OCH3 is 1. The first-order chi connectivity index (χ1) is 15.4. The van der Waals surface area contributed by atoms with Gasteiger partial charge in [0.1, 0.15) is 18.4 Å². The molecule has 2 aromatic heterocycles. The minimum Gasteiger partial charge on any atom is -0.530 e. The molecule has 0 radical (unpaired) electrons. The second-order valence-corrected chi connectivity index (χ2v) is 6.79. The maximum Gasteiger partial charge on any atom is 0.274 e. The van der Waals surface area contributed by atoms with E-state index < -0.39 is 6.09 Å². The summed E-state index contributed by atoms with van der Waals surface area (Å²) >= 11 is 0. The lowest BCUT2D eigenvalue weighted by Crippen LogP contribution is -2.38. The van der Waals surface area contributed by atoms with Crippen LogP contribution < -0.4 is 19.9 Å². The molecule has 168 valence electrons. The van der Waals surface area contributed by atoms with Crippen LogP contribution in [0.15, 0.2) is 48.7 Å². The number of ether oxygens (including phenoxy) is 2. The number of pyridine rings is 1. The Labute approximate surface area is 185 Å². The molecular weight excluding hydrogens is 414 g/mol. The molecule has 0 aliphatic rings. The van der Waals surface area contributed by atoms with Crippen LogP contribution >= 0.6 is 0 Å². The van der Waals surface area contributed by atoms with E-state index in [-0.39, 0.29) is 19.1 Å². The van der Waals surface area contributed by atoms with Gasteiger partial charge in [-0.2, -0.15) is 5.10 Å². The van der Waals surface area contributed by atoms with Crippen LogP contribution in [-0.2, 0) is 0 Å². The third kappa shape index (κ3) is 5.34. The van der Waals surface area contributed by atoms with Gasteiger partial charge in [-0.3, -0.25) is 4.79 Å². The van der Waals surface area contributed by atoms with E-state index in [0.29, 0.717) is 35.2 Å². The SMILES string of the molecule is CCN(C)C(=O)c1cc(-c2ccc(OCCNC(=O)[O-])cc2)n(-c2ccc(OC)nc2)n1. The Morgan fingerprint density at radius 2 is 1.94 bits per heavy atom. The predicted octanol–water partition coefficient (Wildman–Crippen LogP) is 1.35. The van der Waals surface area contributed by atoms with Crippen molar-refractivity contribution >= 4 is 12.0 Å². The highest BCUT2D eigenvalue weighted by Gasteiger charge is 2.19. The Balaban J connectivity index is 1.90. The third-order valence-electron chi connectivity index (χ3n) is 4.71. The fraction of sp³-hybridized carbons (Fsp3) is 0.273. The molecule has 1 N–H and O–H groups in total. The summed E-state index contributed by atoms with van der Waals surface area (Å²) in [6.07, 6.45) is 0.277. The fourth-order valence-electron chi connectivity index (χ4n) is 2.89. The lowest BCUT2D eigenvalue weighted by Gasteiger charge is -2.11. The van der Waals surface area contributed by atoms with Gasteiger partial charge in [0.25, 0.3) is 5.91 Å². The van der Waals surface area contributed by atoms with Crippen LogP contribution in [0.4, 0.5) is 4.79 Å². The molecular formula is C22H24N5O5-. The number of nitrogens with zero attached hydrogens (tertiary/aromatic N) is 4. The Morgan fingerprint density at radius 1 is 1.19 bits per heavy atom. The maximum absolute atomic E-state index is 12.7. The molecule has 0 aliphatic heterocycles. The molecule has 0 unspecified atom stereocenters. The number of hydrogen-bond acceptors (Lipinski definition) is 7. The zero-order valence-corrected chi connectivity index (χ0v) is 18.1. The summed E-state index contributed by atoms with van der Waals surface area (Å²) < 4.78 is 12.3. The normalized spacial score (nSPS) is 10.5. The molecule has 0 spiro atoms. The molecule has 2 amide bonds. The van der Waals surface area contributed by atoms with Crippen molar-refractivity contribution in [3.63, 3.8) is 0 Å². The van der Waals surface area contributed by atoms with Crippen LogP contribution in [0.3, 0.4) is 0 Å². The lowest BCUT2D eigenvalue weighted by molar-refractivity contribution is -0.250. The number of nitrogens with one attached hydrogen (secondary N) is 1. The van der Waals surface area contributed by atoms with E-state index in [1.807, 2.05) is 25.1 Å². The largest absolute Gasteiger partial charge is 0.530 e. The molecule has 10 heteroatoms. The number of aromatic nitrogens is 3. The number of rotatable bonds is 9. The first kappa shape index (κ1) is 22.6. The number of amides is 2. The predicted molar refractivity (Wildman–Crippen MR) is 115 cm³/mol. The Morgan fingerprint density at radius 3 is 2.53 bits per heavy atom. The van der Waals surface area contributed by atoms with Crippen molar-refractivity contribution in [1.82, 2.24) is 25.0 Å². The van der Waals surface area contributed by atoms with Gasteiger partial charge in [-0.25, -0.2) is 9.67 Å². The highest BCUT2D eigenvalue weighted by Crippen LogP contribution is 2.27. The summed E-state index contributed by atoms with van der Waals surface area (Å²) in [6.45, 7) is 2.75. The van der Waals surface area contributed by atoms with E-state index in [4.69, 9.17) is 9.47 Å². The number of carboxylic acid groups (broad SMARTS) is 1. The number of benzene rings is 1. The molecule has 0 saturated carbocycles. The molecule has 2 heterocycles. The third-order valence-corrected chi connectivity index (χ3v) is 4.71. The molecule has 1 aromatic carbocycles. The van der Waals surface area contributed by atoms with Gasteiger partial charge in [0.2, 0.25) is 5.88 Å². The van der Waals surface area contributed by atoms with Crippen LogP contribution in [-0.4, -0.2) is 65.5 Å². The standard InChI is InChI=1S/C22H25N5O5/c1-4-26(2)21(28)18-13-19(27(25-18)16-7-10-20(31-3)24-14-16)15-5-8-17(9-6-15)32-12-11-23-22(29)30/h5-10,13-14,23H,4,11-12H2,1-3H3,(H,29,30)/p-1. The molecule has 10 nitrogen and oxygen atoms in total. The van der Waals surface area contributed by atoms with Gasteiger partial charge in [-0.15, -0.1) is 0 Å². The second-order valence-electron chi connectivity index (χ2n) is 6.79. The summed E-state index contributed by atoms with van der Waals surface area (Å²) in [4.78, 5) is 28.9. The molecule has 32 heavy (non-hydrogen) atoms.